The van der Waals surface area contributed by atoms with Gasteiger partial charge in [-0.15, -0.1) is 0 Å². The zero-order valence-corrected chi connectivity index (χ0v) is 12.4. The summed E-state index contributed by atoms with van der Waals surface area (Å²) in [5.74, 6) is -4.11. The van der Waals surface area contributed by atoms with Crippen LogP contribution in [-0.4, -0.2) is 72.7 Å². The summed E-state index contributed by atoms with van der Waals surface area (Å²) >= 11 is 0. The van der Waals surface area contributed by atoms with Gasteiger partial charge in [0.1, 0.15) is 30.2 Å². The van der Waals surface area contributed by atoms with Gasteiger partial charge >= 0.3 is 5.97 Å². The maximum absolute atomic E-state index is 10.6. The van der Waals surface area contributed by atoms with Gasteiger partial charge in [-0.2, -0.15) is 0 Å². The van der Waals surface area contributed by atoms with Crippen LogP contribution in [0, 0.1) is 0 Å². The van der Waals surface area contributed by atoms with Crippen LogP contribution in [0.2, 0.25) is 0 Å². The molecule has 0 amide bonds. The summed E-state index contributed by atoms with van der Waals surface area (Å²) in [5.41, 5.74) is -0.0151. The van der Waals surface area contributed by atoms with Crippen molar-refractivity contribution in [1.82, 2.24) is 0 Å². The Balaban J connectivity index is 2.38. The highest BCUT2D eigenvalue weighted by Crippen LogP contribution is 2.38. The molecule has 1 aliphatic heterocycles. The molecule has 0 spiro atoms. The fraction of sp³-hybridized carbons (Fsp3) is 0.400. The molecule has 0 aromatic heterocycles. The molecule has 0 aliphatic carbocycles. The number of carboxylic acid groups (broad SMARTS) is 1. The van der Waals surface area contributed by atoms with Crippen molar-refractivity contribution < 1.29 is 45.3 Å². The van der Waals surface area contributed by atoms with Gasteiger partial charge in [-0.05, 0) is 12.1 Å². The van der Waals surface area contributed by atoms with Crippen LogP contribution < -0.4 is 0 Å². The summed E-state index contributed by atoms with van der Waals surface area (Å²) in [7, 11) is 0. The number of hydrogen-bond acceptors (Lipinski definition) is 8. The van der Waals surface area contributed by atoms with E-state index in [2.05, 4.69) is 0 Å². The van der Waals surface area contributed by atoms with Crippen molar-refractivity contribution in [2.75, 3.05) is 6.61 Å². The third kappa shape index (κ3) is 3.26. The lowest BCUT2D eigenvalue weighted by atomic mass is 9.87. The molecule has 2 rings (SSSR count). The van der Waals surface area contributed by atoms with E-state index in [1.807, 2.05) is 0 Å². The average molecular weight is 342 g/mol. The first-order valence-corrected chi connectivity index (χ1v) is 7.00. The first-order chi connectivity index (χ1) is 11.2. The normalized spacial score (nSPS) is 33.7. The zero-order chi connectivity index (χ0) is 18.1. The Kier molecular flexibility index (Phi) is 5.23. The summed E-state index contributed by atoms with van der Waals surface area (Å²) in [5, 5.41) is 67.8. The number of rotatable bonds is 4. The Morgan fingerprint density at radius 2 is 1.92 bits per heavy atom. The highest BCUT2D eigenvalue weighted by Gasteiger charge is 2.53. The Bertz CT molecular complexity index is 642. The molecule has 1 saturated heterocycles. The number of ether oxygens (including phenoxy) is 1. The molecule has 0 bridgehead atoms. The highest BCUT2D eigenvalue weighted by atomic mass is 16.7. The molecule has 24 heavy (non-hydrogen) atoms. The smallest absolute Gasteiger partial charge is 0.328 e. The van der Waals surface area contributed by atoms with Gasteiger partial charge in [-0.25, -0.2) is 4.79 Å². The molecule has 5 atom stereocenters. The minimum Gasteiger partial charge on any atom is -0.507 e. The minimum atomic E-state index is -2.49. The first-order valence-electron chi connectivity index (χ1n) is 7.00. The molecule has 0 radical (unpaired) electrons. The Morgan fingerprint density at radius 3 is 2.46 bits per heavy atom. The molecule has 0 unspecified atom stereocenters. The number of hydrogen-bond donors (Lipinski definition) is 7. The number of aliphatic carboxylic acids is 1. The van der Waals surface area contributed by atoms with Crippen LogP contribution in [0.4, 0.5) is 0 Å². The molecular formula is C15H18O9. The average Bonchev–Trinajstić information content (AvgIpc) is 2.55. The van der Waals surface area contributed by atoms with Crippen LogP contribution in [0.5, 0.6) is 5.75 Å². The minimum absolute atomic E-state index is 0.134. The fourth-order valence-electron chi connectivity index (χ4n) is 2.46. The number of benzene rings is 1. The summed E-state index contributed by atoms with van der Waals surface area (Å²) in [6.07, 6.45) is -4.79. The molecule has 7 N–H and O–H groups in total. The number of aliphatic hydroxyl groups excluding tert-OH is 4. The van der Waals surface area contributed by atoms with E-state index in [-0.39, 0.29) is 11.1 Å². The van der Waals surface area contributed by atoms with E-state index in [0.717, 1.165) is 18.2 Å². The molecule has 0 saturated carbocycles. The maximum atomic E-state index is 10.6. The monoisotopic (exact) mass is 342 g/mol. The predicted octanol–water partition coefficient (Wildman–Crippen LogP) is -1.89. The first kappa shape index (κ1) is 18.3. The SMILES string of the molecule is O=C(O)/C=C/c1ccc([C@]2(O)O[C@H](CO)[C@@H](O)[C@H](O)[C@H]2O)cc1O. The molecule has 9 heteroatoms. The van der Waals surface area contributed by atoms with E-state index in [9.17, 15) is 30.3 Å². The highest BCUT2D eigenvalue weighted by molar-refractivity contribution is 5.85. The third-order valence-corrected chi connectivity index (χ3v) is 3.82. The predicted molar refractivity (Wildman–Crippen MR) is 78.7 cm³/mol. The molecule has 132 valence electrons. The Hall–Kier alpha value is -2.01. The summed E-state index contributed by atoms with van der Waals surface area (Å²) in [4.78, 5) is 10.5. The van der Waals surface area contributed by atoms with E-state index in [4.69, 9.17) is 14.9 Å². The molecule has 1 fully saturated rings. The second-order valence-electron chi connectivity index (χ2n) is 5.41. The number of carbonyl (C=O) groups is 1. The lowest BCUT2D eigenvalue weighted by Crippen LogP contribution is -2.63. The van der Waals surface area contributed by atoms with Gasteiger partial charge in [-0.1, -0.05) is 12.1 Å². The Morgan fingerprint density at radius 1 is 1.25 bits per heavy atom. The van der Waals surface area contributed by atoms with Gasteiger partial charge in [0, 0.05) is 17.2 Å². The van der Waals surface area contributed by atoms with Crippen molar-refractivity contribution in [2.45, 2.75) is 30.2 Å². The van der Waals surface area contributed by atoms with Gasteiger partial charge in [0.15, 0.2) is 0 Å². The maximum Gasteiger partial charge on any atom is 0.328 e. The van der Waals surface area contributed by atoms with E-state index in [1.165, 1.54) is 12.1 Å². The standard InChI is InChI=1S/C15H18O9/c16-6-10-12(20)13(21)14(22)15(23,24-10)8-3-1-7(9(17)5-8)2-4-11(18)19/h1-5,10,12-14,16-17,20-23H,6H2,(H,18,19)/b4-2+/t10-,12-,13+,14-,15+/m1/s1. The molecule has 9 nitrogen and oxygen atoms in total. The number of aromatic hydroxyl groups is 1. The van der Waals surface area contributed by atoms with Gasteiger partial charge in [0.2, 0.25) is 5.79 Å². The number of aliphatic hydroxyl groups is 5. The van der Waals surface area contributed by atoms with Crippen molar-refractivity contribution in [3.63, 3.8) is 0 Å². The molecule has 1 aromatic rings. The van der Waals surface area contributed by atoms with Crippen molar-refractivity contribution in [3.05, 3.63) is 35.4 Å². The van der Waals surface area contributed by atoms with Crippen LogP contribution in [0.1, 0.15) is 11.1 Å². The number of phenolic OH excluding ortho intramolecular Hbond substituents is 1. The molecule has 1 heterocycles. The van der Waals surface area contributed by atoms with E-state index in [1.54, 1.807) is 0 Å². The third-order valence-electron chi connectivity index (χ3n) is 3.82. The number of carboxylic acids is 1. The van der Waals surface area contributed by atoms with Gasteiger partial charge in [0.25, 0.3) is 0 Å². The van der Waals surface area contributed by atoms with Crippen molar-refractivity contribution in [1.29, 1.82) is 0 Å². The second-order valence-corrected chi connectivity index (χ2v) is 5.41. The fourth-order valence-corrected chi connectivity index (χ4v) is 2.46. The van der Waals surface area contributed by atoms with Gasteiger partial charge < -0.3 is 40.5 Å². The van der Waals surface area contributed by atoms with Crippen LogP contribution in [-0.2, 0) is 15.3 Å². The lowest BCUT2D eigenvalue weighted by Gasteiger charge is -2.45. The lowest BCUT2D eigenvalue weighted by molar-refractivity contribution is -0.357. The largest absolute Gasteiger partial charge is 0.507 e. The van der Waals surface area contributed by atoms with E-state index >= 15 is 0 Å². The summed E-state index contributed by atoms with van der Waals surface area (Å²) < 4.78 is 5.12. The van der Waals surface area contributed by atoms with Crippen LogP contribution >= 0.6 is 0 Å². The summed E-state index contributed by atoms with van der Waals surface area (Å²) in [6.45, 7) is -0.724. The molecule has 1 aliphatic rings. The zero-order valence-electron chi connectivity index (χ0n) is 12.4. The van der Waals surface area contributed by atoms with Crippen LogP contribution in [0.3, 0.4) is 0 Å². The molecular weight excluding hydrogens is 324 g/mol. The van der Waals surface area contributed by atoms with Crippen molar-refractivity contribution >= 4 is 12.0 Å². The van der Waals surface area contributed by atoms with Crippen LogP contribution in [0.15, 0.2) is 24.3 Å². The summed E-state index contributed by atoms with van der Waals surface area (Å²) in [6, 6.07) is 3.52. The second kappa shape index (κ2) is 6.85. The topological polar surface area (TPSA) is 168 Å². The van der Waals surface area contributed by atoms with Crippen molar-refractivity contribution in [3.8, 4) is 5.75 Å². The number of phenols is 1. The van der Waals surface area contributed by atoms with Crippen LogP contribution in [0.25, 0.3) is 6.08 Å². The molecule has 1 aromatic carbocycles. The van der Waals surface area contributed by atoms with E-state index in [0.29, 0.717) is 0 Å². The Labute approximate surface area is 136 Å². The quantitative estimate of drug-likeness (QED) is 0.309. The van der Waals surface area contributed by atoms with Gasteiger partial charge in [-0.3, -0.25) is 0 Å². The van der Waals surface area contributed by atoms with Crippen molar-refractivity contribution in [2.24, 2.45) is 0 Å². The van der Waals surface area contributed by atoms with Gasteiger partial charge in [0.05, 0.1) is 6.61 Å². The van der Waals surface area contributed by atoms with E-state index < -0.39 is 48.5 Å².